The van der Waals surface area contributed by atoms with E-state index in [9.17, 15) is 14.4 Å². The third-order valence-electron chi connectivity index (χ3n) is 3.01. The van der Waals surface area contributed by atoms with Gasteiger partial charge in [0.1, 0.15) is 11.6 Å². The molecule has 0 aromatic carbocycles. The standard InChI is InChI=1S/C13H18N4O3/c1-8(15-10-5-3-4-6-10)11(7-14)12(19)17-13(20)16-9(2)18/h10,15H,3-6H2,1-2H3,(H2,16,17,18,19,20)/b11-8+. The highest BCUT2D eigenvalue weighted by molar-refractivity contribution is 6.09. The van der Waals surface area contributed by atoms with Crippen molar-refractivity contribution in [1.82, 2.24) is 16.0 Å². The number of carbonyl (C=O) groups is 3. The minimum atomic E-state index is -0.941. The fourth-order valence-corrected chi connectivity index (χ4v) is 2.11. The molecular weight excluding hydrogens is 260 g/mol. The summed E-state index contributed by atoms with van der Waals surface area (Å²) in [5.41, 5.74) is 0.281. The fourth-order valence-electron chi connectivity index (χ4n) is 2.11. The fraction of sp³-hybridized carbons (Fsp3) is 0.538. The van der Waals surface area contributed by atoms with Crippen molar-refractivity contribution >= 4 is 17.8 Å². The van der Waals surface area contributed by atoms with E-state index in [1.165, 1.54) is 0 Å². The average Bonchev–Trinajstić information content (AvgIpc) is 2.81. The second-order valence-electron chi connectivity index (χ2n) is 4.70. The molecule has 108 valence electrons. The Labute approximate surface area is 117 Å². The van der Waals surface area contributed by atoms with Crippen LogP contribution in [-0.2, 0) is 9.59 Å². The Morgan fingerprint density at radius 1 is 1.10 bits per heavy atom. The van der Waals surface area contributed by atoms with Gasteiger partial charge in [-0.15, -0.1) is 0 Å². The number of amides is 4. The third kappa shape index (κ3) is 4.72. The Balaban J connectivity index is 2.67. The molecule has 7 nitrogen and oxygen atoms in total. The zero-order valence-electron chi connectivity index (χ0n) is 11.6. The van der Waals surface area contributed by atoms with E-state index in [1.54, 1.807) is 13.0 Å². The number of nitriles is 1. The maximum Gasteiger partial charge on any atom is 0.328 e. The highest BCUT2D eigenvalue weighted by Crippen LogP contribution is 2.19. The lowest BCUT2D eigenvalue weighted by Gasteiger charge is -2.15. The Kier molecular flexibility index (Phi) is 5.72. The first-order chi connectivity index (χ1) is 9.43. The molecule has 0 aromatic rings. The first-order valence-electron chi connectivity index (χ1n) is 6.44. The maximum absolute atomic E-state index is 11.8. The summed E-state index contributed by atoms with van der Waals surface area (Å²) in [6, 6.07) is 1.09. The van der Waals surface area contributed by atoms with Gasteiger partial charge in [-0.2, -0.15) is 5.26 Å². The van der Waals surface area contributed by atoms with Gasteiger partial charge in [-0.05, 0) is 19.8 Å². The Bertz CT molecular complexity index is 484. The van der Waals surface area contributed by atoms with Crippen LogP contribution in [-0.4, -0.2) is 23.9 Å². The summed E-state index contributed by atoms with van der Waals surface area (Å²) < 4.78 is 0. The summed E-state index contributed by atoms with van der Waals surface area (Å²) in [7, 11) is 0. The van der Waals surface area contributed by atoms with Gasteiger partial charge in [0.15, 0.2) is 0 Å². The van der Waals surface area contributed by atoms with Crippen molar-refractivity contribution < 1.29 is 14.4 Å². The van der Waals surface area contributed by atoms with Crippen molar-refractivity contribution in [1.29, 1.82) is 5.26 Å². The van der Waals surface area contributed by atoms with Crippen LogP contribution in [0.15, 0.2) is 11.3 Å². The van der Waals surface area contributed by atoms with Crippen molar-refractivity contribution in [3.05, 3.63) is 11.3 Å². The quantitative estimate of drug-likeness (QED) is 0.519. The topological polar surface area (TPSA) is 111 Å². The van der Waals surface area contributed by atoms with E-state index < -0.39 is 17.8 Å². The molecule has 0 atom stereocenters. The number of hydrogen-bond donors (Lipinski definition) is 3. The van der Waals surface area contributed by atoms with Crippen LogP contribution in [0.1, 0.15) is 39.5 Å². The molecule has 1 rings (SSSR count). The first-order valence-corrected chi connectivity index (χ1v) is 6.44. The molecule has 7 heteroatoms. The predicted octanol–water partition coefficient (Wildman–Crippen LogP) is 0.688. The number of rotatable bonds is 3. The van der Waals surface area contributed by atoms with Crippen LogP contribution in [0.25, 0.3) is 0 Å². The van der Waals surface area contributed by atoms with E-state index in [4.69, 9.17) is 5.26 Å². The van der Waals surface area contributed by atoms with E-state index in [1.807, 2.05) is 10.6 Å². The molecule has 0 spiro atoms. The molecule has 1 fully saturated rings. The van der Waals surface area contributed by atoms with Crippen molar-refractivity contribution in [2.75, 3.05) is 0 Å². The summed E-state index contributed by atoms with van der Waals surface area (Å²) in [6.45, 7) is 2.78. The molecule has 0 aromatic heterocycles. The van der Waals surface area contributed by atoms with Gasteiger partial charge in [0, 0.05) is 18.7 Å². The summed E-state index contributed by atoms with van der Waals surface area (Å²) in [4.78, 5) is 33.7. The lowest BCUT2D eigenvalue weighted by molar-refractivity contribution is -0.118. The molecule has 1 aliphatic rings. The van der Waals surface area contributed by atoms with Gasteiger partial charge in [0.2, 0.25) is 5.91 Å². The van der Waals surface area contributed by atoms with Crippen molar-refractivity contribution in [3.8, 4) is 6.07 Å². The molecule has 0 unspecified atom stereocenters. The molecule has 1 saturated carbocycles. The molecule has 0 bridgehead atoms. The van der Waals surface area contributed by atoms with Gasteiger partial charge in [0.05, 0.1) is 0 Å². The molecule has 4 amide bonds. The molecular formula is C13H18N4O3. The molecule has 0 aliphatic heterocycles. The van der Waals surface area contributed by atoms with E-state index >= 15 is 0 Å². The molecule has 0 heterocycles. The van der Waals surface area contributed by atoms with E-state index in [-0.39, 0.29) is 11.6 Å². The van der Waals surface area contributed by atoms with Crippen molar-refractivity contribution in [3.63, 3.8) is 0 Å². The number of hydrogen-bond acceptors (Lipinski definition) is 5. The van der Waals surface area contributed by atoms with E-state index in [0.29, 0.717) is 5.70 Å². The lowest BCUT2D eigenvalue weighted by Crippen LogP contribution is -2.42. The number of nitrogens with one attached hydrogen (secondary N) is 3. The van der Waals surface area contributed by atoms with Gasteiger partial charge in [-0.1, -0.05) is 12.8 Å². The second-order valence-corrected chi connectivity index (χ2v) is 4.70. The normalized spacial score (nSPS) is 15.8. The number of allylic oxidation sites excluding steroid dienone is 1. The van der Waals surface area contributed by atoms with Crippen LogP contribution < -0.4 is 16.0 Å². The first kappa shape index (κ1) is 15.7. The van der Waals surface area contributed by atoms with E-state index in [0.717, 1.165) is 32.6 Å². The molecule has 0 saturated heterocycles. The zero-order chi connectivity index (χ0) is 15.1. The molecule has 1 aliphatic carbocycles. The van der Waals surface area contributed by atoms with Gasteiger partial charge >= 0.3 is 6.03 Å². The van der Waals surface area contributed by atoms with Crippen molar-refractivity contribution in [2.45, 2.75) is 45.6 Å². The summed E-state index contributed by atoms with van der Waals surface area (Å²) in [5.74, 6) is -1.41. The molecule has 20 heavy (non-hydrogen) atoms. The monoisotopic (exact) mass is 278 g/mol. The van der Waals surface area contributed by atoms with Crippen LogP contribution >= 0.6 is 0 Å². The van der Waals surface area contributed by atoms with Crippen LogP contribution in [0, 0.1) is 11.3 Å². The van der Waals surface area contributed by atoms with Gasteiger partial charge < -0.3 is 5.32 Å². The number of carbonyl (C=O) groups excluding carboxylic acids is 3. The van der Waals surface area contributed by atoms with Crippen LogP contribution in [0.2, 0.25) is 0 Å². The van der Waals surface area contributed by atoms with Gasteiger partial charge in [0.25, 0.3) is 5.91 Å². The van der Waals surface area contributed by atoms with E-state index in [2.05, 4.69) is 5.32 Å². The smallest absolute Gasteiger partial charge is 0.328 e. The molecule has 3 N–H and O–H groups in total. The summed E-state index contributed by atoms with van der Waals surface area (Å²) in [6.07, 6.45) is 4.26. The highest BCUT2D eigenvalue weighted by atomic mass is 16.2. The van der Waals surface area contributed by atoms with Crippen LogP contribution in [0.4, 0.5) is 4.79 Å². The van der Waals surface area contributed by atoms with Crippen molar-refractivity contribution in [2.24, 2.45) is 0 Å². The SMILES string of the molecule is CC(=O)NC(=O)NC(=O)/C(C#N)=C(\C)NC1CCCC1. The molecule has 0 radical (unpaired) electrons. The van der Waals surface area contributed by atoms with Gasteiger partial charge in [-0.25, -0.2) is 4.79 Å². The maximum atomic E-state index is 11.8. The Morgan fingerprint density at radius 2 is 1.70 bits per heavy atom. The van der Waals surface area contributed by atoms with Crippen LogP contribution in [0.5, 0.6) is 0 Å². The largest absolute Gasteiger partial charge is 0.385 e. The van der Waals surface area contributed by atoms with Crippen LogP contribution in [0.3, 0.4) is 0 Å². The number of imide groups is 2. The number of nitrogens with zero attached hydrogens (tertiary/aromatic N) is 1. The number of urea groups is 1. The minimum Gasteiger partial charge on any atom is -0.385 e. The predicted molar refractivity (Wildman–Crippen MR) is 71.1 cm³/mol. The average molecular weight is 278 g/mol. The summed E-state index contributed by atoms with van der Waals surface area (Å²) in [5, 5.41) is 16.0. The lowest BCUT2D eigenvalue weighted by atomic mass is 10.2. The highest BCUT2D eigenvalue weighted by Gasteiger charge is 2.20. The third-order valence-corrected chi connectivity index (χ3v) is 3.01. The minimum absolute atomic E-state index is 0.157. The Morgan fingerprint density at radius 3 is 2.20 bits per heavy atom. The zero-order valence-corrected chi connectivity index (χ0v) is 11.6. The second kappa shape index (κ2) is 7.28. The summed E-state index contributed by atoms with van der Waals surface area (Å²) >= 11 is 0. The van der Waals surface area contributed by atoms with Gasteiger partial charge in [-0.3, -0.25) is 20.2 Å². The Hall–Kier alpha value is -2.36.